The maximum Gasteiger partial charge on any atom is 0.265 e. The molecule has 1 aromatic carbocycles. The Morgan fingerprint density at radius 2 is 2.10 bits per heavy atom. The lowest BCUT2D eigenvalue weighted by atomic mass is 10.1. The molecule has 3 rings (SSSR count). The van der Waals surface area contributed by atoms with Crippen LogP contribution in [0.25, 0.3) is 11.3 Å². The summed E-state index contributed by atoms with van der Waals surface area (Å²) in [5, 5.41) is 8.30. The summed E-state index contributed by atoms with van der Waals surface area (Å²) in [6, 6.07) is 8.33. The van der Waals surface area contributed by atoms with Crippen LogP contribution in [-0.2, 0) is 12.8 Å². The fraction of sp³-hybridized carbons (Fsp3) is 0.409. The largest absolute Gasteiger partial charge is 0.341 e. The highest BCUT2D eigenvalue weighted by Gasteiger charge is 2.19. The Morgan fingerprint density at radius 1 is 1.31 bits per heavy atom. The molecule has 0 fully saturated rings. The van der Waals surface area contributed by atoms with E-state index in [1.165, 1.54) is 23.5 Å². The first-order valence-electron chi connectivity index (χ1n) is 9.85. The first kappa shape index (κ1) is 21.2. The Balaban J connectivity index is 1.54. The second kappa shape index (κ2) is 9.31. The third kappa shape index (κ3) is 5.50. The number of aromatic amines is 1. The molecule has 29 heavy (non-hydrogen) atoms. The molecule has 1 amide bonds. The Hall–Kier alpha value is -2.54. The first-order valence-corrected chi connectivity index (χ1v) is 10.7. The molecule has 0 bridgehead atoms. The van der Waals surface area contributed by atoms with Crippen molar-refractivity contribution in [3.8, 4) is 11.3 Å². The first-order chi connectivity index (χ1) is 13.8. The molecular formula is C22H27FN4OS. The molecule has 0 radical (unpaired) electrons. The number of benzene rings is 1. The van der Waals surface area contributed by atoms with Crippen LogP contribution in [0.4, 0.5) is 4.39 Å². The van der Waals surface area contributed by atoms with Gasteiger partial charge >= 0.3 is 0 Å². The molecule has 0 saturated carbocycles. The number of halogens is 1. The Morgan fingerprint density at radius 3 is 2.83 bits per heavy atom. The van der Waals surface area contributed by atoms with E-state index < -0.39 is 0 Å². The van der Waals surface area contributed by atoms with Crippen molar-refractivity contribution in [2.45, 2.75) is 40.0 Å². The summed E-state index contributed by atoms with van der Waals surface area (Å²) >= 11 is 1.51. The normalized spacial score (nSPS) is 11.2. The molecule has 7 heteroatoms. The van der Waals surface area contributed by atoms with E-state index in [0.717, 1.165) is 51.8 Å². The van der Waals surface area contributed by atoms with Crippen molar-refractivity contribution >= 4 is 17.2 Å². The van der Waals surface area contributed by atoms with Crippen molar-refractivity contribution in [1.82, 2.24) is 20.1 Å². The lowest BCUT2D eigenvalue weighted by molar-refractivity contribution is 0.0797. The highest BCUT2D eigenvalue weighted by Crippen LogP contribution is 2.22. The van der Waals surface area contributed by atoms with Crippen molar-refractivity contribution < 1.29 is 9.18 Å². The number of nitrogens with one attached hydrogen (secondary N) is 1. The monoisotopic (exact) mass is 414 g/mol. The average molecular weight is 415 g/mol. The molecule has 5 nitrogen and oxygen atoms in total. The number of carbonyl (C=O) groups excluding carboxylic acids is 1. The number of nitrogens with zero attached hydrogens (tertiary/aromatic N) is 3. The topological polar surface area (TPSA) is 61.9 Å². The van der Waals surface area contributed by atoms with E-state index in [9.17, 15) is 9.18 Å². The van der Waals surface area contributed by atoms with E-state index >= 15 is 0 Å². The zero-order valence-electron chi connectivity index (χ0n) is 17.3. The van der Waals surface area contributed by atoms with Gasteiger partial charge in [-0.3, -0.25) is 9.89 Å². The summed E-state index contributed by atoms with van der Waals surface area (Å²) in [5.41, 5.74) is 3.26. The van der Waals surface area contributed by atoms with Crippen LogP contribution in [0.5, 0.6) is 0 Å². The van der Waals surface area contributed by atoms with Crippen LogP contribution < -0.4 is 0 Å². The lowest BCUT2D eigenvalue weighted by Gasteiger charge is -2.16. The van der Waals surface area contributed by atoms with Crippen LogP contribution in [0.3, 0.4) is 0 Å². The third-order valence-corrected chi connectivity index (χ3v) is 5.82. The second-order valence-corrected chi connectivity index (χ2v) is 8.82. The average Bonchev–Trinajstić information content (AvgIpc) is 3.27. The highest BCUT2D eigenvalue weighted by molar-refractivity contribution is 7.13. The van der Waals surface area contributed by atoms with Gasteiger partial charge in [-0.1, -0.05) is 26.0 Å². The van der Waals surface area contributed by atoms with Gasteiger partial charge in [0.25, 0.3) is 5.91 Å². The van der Waals surface area contributed by atoms with Gasteiger partial charge in [0.05, 0.1) is 16.4 Å². The summed E-state index contributed by atoms with van der Waals surface area (Å²) in [4.78, 5) is 19.8. The number of hydrogen-bond donors (Lipinski definition) is 1. The molecule has 0 spiro atoms. The number of hydrogen-bond acceptors (Lipinski definition) is 4. The Bertz CT molecular complexity index is 979. The van der Waals surface area contributed by atoms with Gasteiger partial charge in [-0.2, -0.15) is 5.10 Å². The van der Waals surface area contributed by atoms with Gasteiger partial charge < -0.3 is 4.90 Å². The molecule has 0 aliphatic rings. The molecule has 0 unspecified atom stereocenters. The summed E-state index contributed by atoms with van der Waals surface area (Å²) in [6.45, 7) is 6.85. The van der Waals surface area contributed by atoms with Crippen molar-refractivity contribution in [2.75, 3.05) is 13.6 Å². The number of aryl methyl sites for hydroxylation is 2. The van der Waals surface area contributed by atoms with E-state index in [-0.39, 0.29) is 11.7 Å². The lowest BCUT2D eigenvalue weighted by Crippen LogP contribution is -2.27. The minimum atomic E-state index is -0.276. The maximum atomic E-state index is 13.4. The standard InChI is InChI=1S/C22H27FN4OS/c1-14(2)11-20-24-15(3)21(29-20)22(28)27(4)10-6-9-18-13-19(26-25-18)16-7-5-8-17(23)12-16/h5,7-8,12-14H,6,9-11H2,1-4H3,(H,25,26). The summed E-state index contributed by atoms with van der Waals surface area (Å²) < 4.78 is 13.4. The van der Waals surface area contributed by atoms with Gasteiger partial charge in [0, 0.05) is 31.3 Å². The van der Waals surface area contributed by atoms with Gasteiger partial charge in [-0.05, 0) is 43.9 Å². The summed E-state index contributed by atoms with van der Waals surface area (Å²) in [6.07, 6.45) is 2.47. The summed E-state index contributed by atoms with van der Waals surface area (Å²) in [7, 11) is 1.83. The quantitative estimate of drug-likeness (QED) is 0.571. The van der Waals surface area contributed by atoms with E-state index in [4.69, 9.17) is 0 Å². The highest BCUT2D eigenvalue weighted by atomic mass is 32.1. The predicted octanol–water partition coefficient (Wildman–Crippen LogP) is 4.88. The van der Waals surface area contributed by atoms with Crippen molar-refractivity contribution in [1.29, 1.82) is 0 Å². The van der Waals surface area contributed by atoms with Crippen LogP contribution in [0.2, 0.25) is 0 Å². The number of amides is 1. The molecular weight excluding hydrogens is 387 g/mol. The number of aromatic nitrogens is 3. The molecule has 3 aromatic rings. The Labute approximate surface area is 175 Å². The molecule has 2 aromatic heterocycles. The number of rotatable bonds is 8. The third-order valence-electron chi connectivity index (χ3n) is 4.66. The molecule has 2 heterocycles. The minimum absolute atomic E-state index is 0.0278. The molecule has 0 saturated heterocycles. The van der Waals surface area contributed by atoms with E-state index in [1.807, 2.05) is 26.1 Å². The molecule has 0 aliphatic heterocycles. The SMILES string of the molecule is Cc1nc(CC(C)C)sc1C(=O)N(C)CCCc1cc(-c2cccc(F)c2)n[nH]1. The number of H-pyrrole nitrogens is 1. The molecule has 0 aliphatic carbocycles. The fourth-order valence-corrected chi connectivity index (χ4v) is 4.43. The predicted molar refractivity (Wildman–Crippen MR) is 115 cm³/mol. The second-order valence-electron chi connectivity index (χ2n) is 7.74. The van der Waals surface area contributed by atoms with Gasteiger partial charge in [0.15, 0.2) is 0 Å². The molecule has 0 atom stereocenters. The molecule has 1 N–H and O–H groups in total. The zero-order valence-corrected chi connectivity index (χ0v) is 18.1. The number of carbonyl (C=O) groups is 1. The van der Waals surface area contributed by atoms with Gasteiger partial charge in [0.2, 0.25) is 0 Å². The summed E-state index contributed by atoms with van der Waals surface area (Å²) in [5.74, 6) is 0.273. The van der Waals surface area contributed by atoms with Crippen molar-refractivity contribution in [2.24, 2.45) is 5.92 Å². The van der Waals surface area contributed by atoms with Crippen LogP contribution in [0, 0.1) is 18.7 Å². The van der Waals surface area contributed by atoms with Crippen molar-refractivity contribution in [3.05, 3.63) is 57.4 Å². The van der Waals surface area contributed by atoms with E-state index in [0.29, 0.717) is 12.5 Å². The number of thiazole rings is 1. The zero-order chi connectivity index (χ0) is 21.0. The van der Waals surface area contributed by atoms with Gasteiger partial charge in [-0.15, -0.1) is 11.3 Å². The Kier molecular flexibility index (Phi) is 6.79. The fourth-order valence-electron chi connectivity index (χ4n) is 3.15. The van der Waals surface area contributed by atoms with Crippen LogP contribution in [-0.4, -0.2) is 39.6 Å². The van der Waals surface area contributed by atoms with Crippen LogP contribution in [0.15, 0.2) is 30.3 Å². The van der Waals surface area contributed by atoms with Crippen LogP contribution >= 0.6 is 11.3 Å². The van der Waals surface area contributed by atoms with E-state index in [1.54, 1.807) is 11.0 Å². The minimum Gasteiger partial charge on any atom is -0.341 e. The van der Waals surface area contributed by atoms with Crippen LogP contribution in [0.1, 0.15) is 46.3 Å². The van der Waals surface area contributed by atoms with Gasteiger partial charge in [0.1, 0.15) is 10.7 Å². The maximum absolute atomic E-state index is 13.4. The van der Waals surface area contributed by atoms with Gasteiger partial charge in [-0.25, -0.2) is 9.37 Å². The molecule has 154 valence electrons. The smallest absolute Gasteiger partial charge is 0.265 e. The van der Waals surface area contributed by atoms with E-state index in [2.05, 4.69) is 29.0 Å². The van der Waals surface area contributed by atoms with Crippen molar-refractivity contribution in [3.63, 3.8) is 0 Å².